The summed E-state index contributed by atoms with van der Waals surface area (Å²) < 4.78 is 5.92. The highest BCUT2D eigenvalue weighted by Gasteiger charge is 2.29. The maximum atomic E-state index is 11.7. The topological polar surface area (TPSA) is 50.4 Å². The third kappa shape index (κ3) is 2.26. The summed E-state index contributed by atoms with van der Waals surface area (Å²) in [7, 11) is 1.64. The summed E-state index contributed by atoms with van der Waals surface area (Å²) in [5.74, 6) is -0.01000. The van der Waals surface area contributed by atoms with Crippen LogP contribution in [-0.4, -0.2) is 26.2 Å². The average Bonchev–Trinajstić information content (AvgIpc) is 2.56. The lowest BCUT2D eigenvalue weighted by Gasteiger charge is -2.10. The largest absolute Gasteiger partial charge is 0.383 e. The van der Waals surface area contributed by atoms with Crippen molar-refractivity contribution in [1.82, 2.24) is 5.32 Å². The minimum atomic E-state index is -0.275. The van der Waals surface area contributed by atoms with Crippen LogP contribution in [0.4, 0.5) is 5.69 Å². The number of nitrogens with one attached hydrogen (secondary N) is 2. The molecular formula is C11H13BrN2O2. The van der Waals surface area contributed by atoms with E-state index in [1.807, 2.05) is 18.2 Å². The van der Waals surface area contributed by atoms with Crippen molar-refractivity contribution in [2.24, 2.45) is 0 Å². The summed E-state index contributed by atoms with van der Waals surface area (Å²) in [5, 5.41) is 6.00. The van der Waals surface area contributed by atoms with Crippen LogP contribution >= 0.6 is 15.9 Å². The zero-order valence-electron chi connectivity index (χ0n) is 8.92. The molecular weight excluding hydrogens is 272 g/mol. The van der Waals surface area contributed by atoms with Gasteiger partial charge in [-0.05, 0) is 18.2 Å². The number of rotatable bonds is 4. The number of amides is 1. The van der Waals surface area contributed by atoms with Crippen LogP contribution in [0, 0.1) is 0 Å². The lowest BCUT2D eigenvalue weighted by Crippen LogP contribution is -2.30. The van der Waals surface area contributed by atoms with Crippen molar-refractivity contribution in [3.8, 4) is 0 Å². The molecule has 0 aromatic heterocycles. The lowest BCUT2D eigenvalue weighted by atomic mass is 10.1. The van der Waals surface area contributed by atoms with Gasteiger partial charge in [-0.15, -0.1) is 0 Å². The molecule has 1 aliphatic heterocycles. The molecule has 0 fully saturated rings. The van der Waals surface area contributed by atoms with E-state index in [0.717, 1.165) is 15.7 Å². The number of fused-ring (bicyclic) bond motifs is 1. The molecule has 0 radical (unpaired) electrons. The van der Waals surface area contributed by atoms with Gasteiger partial charge in [-0.1, -0.05) is 15.9 Å². The fourth-order valence-corrected chi connectivity index (χ4v) is 2.12. The van der Waals surface area contributed by atoms with E-state index in [0.29, 0.717) is 13.2 Å². The van der Waals surface area contributed by atoms with Gasteiger partial charge in [-0.2, -0.15) is 0 Å². The SMILES string of the molecule is COCCNC1C(=O)Nc2ccc(Br)cc21. The quantitative estimate of drug-likeness (QED) is 0.828. The zero-order chi connectivity index (χ0) is 11.5. The molecule has 1 aliphatic rings. The summed E-state index contributed by atoms with van der Waals surface area (Å²) in [6, 6.07) is 5.49. The van der Waals surface area contributed by atoms with Crippen molar-refractivity contribution in [2.75, 3.05) is 25.6 Å². The van der Waals surface area contributed by atoms with E-state index in [9.17, 15) is 4.79 Å². The van der Waals surface area contributed by atoms with Crippen LogP contribution in [0.2, 0.25) is 0 Å². The van der Waals surface area contributed by atoms with Crippen LogP contribution in [0.5, 0.6) is 0 Å². The first-order chi connectivity index (χ1) is 7.72. The highest BCUT2D eigenvalue weighted by Crippen LogP contribution is 2.32. The summed E-state index contributed by atoms with van der Waals surface area (Å²) >= 11 is 3.40. The van der Waals surface area contributed by atoms with E-state index in [2.05, 4.69) is 26.6 Å². The van der Waals surface area contributed by atoms with Gasteiger partial charge in [-0.3, -0.25) is 10.1 Å². The van der Waals surface area contributed by atoms with Gasteiger partial charge >= 0.3 is 0 Å². The molecule has 4 nitrogen and oxygen atoms in total. The van der Waals surface area contributed by atoms with E-state index in [1.54, 1.807) is 7.11 Å². The minimum Gasteiger partial charge on any atom is -0.383 e. The number of benzene rings is 1. The van der Waals surface area contributed by atoms with Crippen LogP contribution in [0.1, 0.15) is 11.6 Å². The summed E-state index contributed by atoms with van der Waals surface area (Å²) in [5.41, 5.74) is 1.86. The Morgan fingerprint density at radius 1 is 1.56 bits per heavy atom. The number of carbonyl (C=O) groups excluding carboxylic acids is 1. The molecule has 0 spiro atoms. The van der Waals surface area contributed by atoms with Crippen LogP contribution < -0.4 is 10.6 Å². The van der Waals surface area contributed by atoms with E-state index < -0.39 is 0 Å². The normalized spacial score (nSPS) is 18.4. The Morgan fingerprint density at radius 2 is 2.38 bits per heavy atom. The van der Waals surface area contributed by atoms with Crippen molar-refractivity contribution in [3.63, 3.8) is 0 Å². The van der Waals surface area contributed by atoms with Gasteiger partial charge in [0.1, 0.15) is 6.04 Å². The van der Waals surface area contributed by atoms with E-state index >= 15 is 0 Å². The van der Waals surface area contributed by atoms with Crippen molar-refractivity contribution in [3.05, 3.63) is 28.2 Å². The minimum absolute atomic E-state index is 0.01000. The summed E-state index contributed by atoms with van der Waals surface area (Å²) in [6.07, 6.45) is 0. The summed E-state index contributed by atoms with van der Waals surface area (Å²) in [4.78, 5) is 11.7. The van der Waals surface area contributed by atoms with Gasteiger partial charge < -0.3 is 10.1 Å². The van der Waals surface area contributed by atoms with Crippen molar-refractivity contribution in [2.45, 2.75) is 6.04 Å². The Balaban J connectivity index is 2.15. The number of halogens is 1. The molecule has 2 N–H and O–H groups in total. The highest BCUT2D eigenvalue weighted by atomic mass is 79.9. The molecule has 0 saturated carbocycles. The molecule has 1 amide bonds. The molecule has 1 aromatic carbocycles. The molecule has 0 aliphatic carbocycles. The second-order valence-corrected chi connectivity index (χ2v) is 4.52. The highest BCUT2D eigenvalue weighted by molar-refractivity contribution is 9.10. The second kappa shape index (κ2) is 4.95. The first-order valence-electron chi connectivity index (χ1n) is 5.05. The van der Waals surface area contributed by atoms with Gasteiger partial charge in [0.25, 0.3) is 0 Å². The van der Waals surface area contributed by atoms with Gasteiger partial charge in [0.2, 0.25) is 5.91 Å². The van der Waals surface area contributed by atoms with Crippen LogP contribution in [0.3, 0.4) is 0 Å². The number of methoxy groups -OCH3 is 1. The third-order valence-corrected chi connectivity index (χ3v) is 2.99. The fourth-order valence-electron chi connectivity index (χ4n) is 1.74. The first kappa shape index (κ1) is 11.6. The molecule has 2 rings (SSSR count). The van der Waals surface area contributed by atoms with Gasteiger partial charge in [0, 0.05) is 29.4 Å². The predicted octanol–water partition coefficient (Wildman–Crippen LogP) is 1.68. The van der Waals surface area contributed by atoms with Crippen molar-refractivity contribution in [1.29, 1.82) is 0 Å². The predicted molar refractivity (Wildman–Crippen MR) is 65.4 cm³/mol. The van der Waals surface area contributed by atoms with Crippen LogP contribution in [-0.2, 0) is 9.53 Å². The number of anilines is 1. The van der Waals surface area contributed by atoms with Crippen molar-refractivity contribution >= 4 is 27.5 Å². The Kier molecular flexibility index (Phi) is 3.58. The first-order valence-corrected chi connectivity index (χ1v) is 5.84. The Hall–Kier alpha value is -0.910. The molecule has 5 heteroatoms. The van der Waals surface area contributed by atoms with Gasteiger partial charge in [0.05, 0.1) is 6.61 Å². The maximum Gasteiger partial charge on any atom is 0.246 e. The lowest BCUT2D eigenvalue weighted by molar-refractivity contribution is -0.117. The monoisotopic (exact) mass is 284 g/mol. The van der Waals surface area contributed by atoms with Gasteiger partial charge in [0.15, 0.2) is 0 Å². The van der Waals surface area contributed by atoms with E-state index in [4.69, 9.17) is 4.74 Å². The molecule has 1 unspecified atom stereocenters. The standard InChI is InChI=1S/C11H13BrN2O2/c1-16-5-4-13-10-8-6-7(12)2-3-9(8)14-11(10)15/h2-3,6,10,13H,4-5H2,1H3,(H,14,15). The van der Waals surface area contributed by atoms with Gasteiger partial charge in [-0.25, -0.2) is 0 Å². The molecule has 0 saturated heterocycles. The van der Waals surface area contributed by atoms with Crippen LogP contribution in [0.25, 0.3) is 0 Å². The fraction of sp³-hybridized carbons (Fsp3) is 0.364. The molecule has 1 atom stereocenters. The molecule has 16 heavy (non-hydrogen) atoms. The zero-order valence-corrected chi connectivity index (χ0v) is 10.5. The number of ether oxygens (including phenoxy) is 1. The second-order valence-electron chi connectivity index (χ2n) is 3.60. The van der Waals surface area contributed by atoms with Crippen molar-refractivity contribution < 1.29 is 9.53 Å². The van der Waals surface area contributed by atoms with E-state index in [1.165, 1.54) is 0 Å². The third-order valence-electron chi connectivity index (χ3n) is 2.50. The smallest absolute Gasteiger partial charge is 0.246 e. The average molecular weight is 285 g/mol. The number of hydrogen-bond acceptors (Lipinski definition) is 3. The van der Waals surface area contributed by atoms with Crippen LogP contribution in [0.15, 0.2) is 22.7 Å². The summed E-state index contributed by atoms with van der Waals surface area (Å²) in [6.45, 7) is 1.24. The maximum absolute atomic E-state index is 11.7. The Labute approximate surface area is 102 Å². The molecule has 1 aromatic rings. The number of hydrogen-bond donors (Lipinski definition) is 2. The Bertz CT molecular complexity index is 409. The molecule has 1 heterocycles. The Morgan fingerprint density at radius 3 is 3.12 bits per heavy atom. The molecule has 0 bridgehead atoms. The number of carbonyl (C=O) groups is 1. The molecule has 86 valence electrons. The van der Waals surface area contributed by atoms with E-state index in [-0.39, 0.29) is 11.9 Å².